The molecule has 0 spiro atoms. The highest BCUT2D eigenvalue weighted by Crippen LogP contribution is 2.60. The van der Waals surface area contributed by atoms with Gasteiger partial charge in [-0.05, 0) is 100 Å². The number of anilines is 1. The molecule has 5 aliphatic rings. The van der Waals surface area contributed by atoms with Crippen molar-refractivity contribution in [3.05, 3.63) is 45.6 Å². The highest BCUT2D eigenvalue weighted by atomic mass is 32.1. The van der Waals surface area contributed by atoms with Crippen molar-refractivity contribution in [1.29, 1.82) is 0 Å². The first-order valence-electron chi connectivity index (χ1n) is 12.1. The number of fused-ring (bicyclic) bond motifs is 1. The van der Waals surface area contributed by atoms with E-state index < -0.39 is 0 Å². The number of amides is 1. The number of ether oxygens (including phenoxy) is 1. The van der Waals surface area contributed by atoms with Gasteiger partial charge in [-0.3, -0.25) is 9.78 Å². The number of hydrogen-bond acceptors (Lipinski definition) is 5. The summed E-state index contributed by atoms with van der Waals surface area (Å²) in [4.78, 5) is 31.9. The smallest absolute Gasteiger partial charge is 0.341 e. The zero-order valence-corrected chi connectivity index (χ0v) is 19.4. The maximum Gasteiger partial charge on any atom is 0.341 e. The molecular formula is C26H30N2O3S. The molecule has 32 heavy (non-hydrogen) atoms. The van der Waals surface area contributed by atoms with Crippen LogP contribution in [0.4, 0.5) is 5.00 Å². The van der Waals surface area contributed by atoms with Gasteiger partial charge in [-0.25, -0.2) is 4.79 Å². The monoisotopic (exact) mass is 450 g/mol. The minimum absolute atomic E-state index is 0.158. The average Bonchev–Trinajstić information content (AvgIpc) is 3.34. The minimum atomic E-state index is -0.328. The normalized spacial score (nSPS) is 29.7. The summed E-state index contributed by atoms with van der Waals surface area (Å²) in [5.41, 5.74) is 3.52. The van der Waals surface area contributed by atoms with Crippen LogP contribution in [0, 0.1) is 17.8 Å². The number of pyridine rings is 1. The van der Waals surface area contributed by atoms with Crippen molar-refractivity contribution in [3.8, 4) is 0 Å². The number of hydrogen-bond donors (Lipinski definition) is 1. The number of nitrogens with one attached hydrogen (secondary N) is 1. The second kappa shape index (κ2) is 7.68. The van der Waals surface area contributed by atoms with Crippen molar-refractivity contribution in [2.75, 3.05) is 11.9 Å². The van der Waals surface area contributed by atoms with Crippen molar-refractivity contribution in [2.45, 2.75) is 70.1 Å². The Hall–Kier alpha value is -2.21. The molecular weight excluding hydrogens is 420 g/mol. The molecule has 0 aliphatic heterocycles. The molecule has 0 aromatic carbocycles. The first-order valence-corrected chi connectivity index (χ1v) is 13.0. The van der Waals surface area contributed by atoms with Crippen molar-refractivity contribution in [1.82, 2.24) is 4.98 Å². The Morgan fingerprint density at radius 1 is 1.16 bits per heavy atom. The van der Waals surface area contributed by atoms with Gasteiger partial charge in [-0.15, -0.1) is 11.3 Å². The predicted octanol–water partition coefficient (Wildman–Crippen LogP) is 5.53. The van der Waals surface area contributed by atoms with Gasteiger partial charge in [0, 0.05) is 27.7 Å². The van der Waals surface area contributed by atoms with Crippen molar-refractivity contribution < 1.29 is 14.3 Å². The molecule has 1 amide bonds. The van der Waals surface area contributed by atoms with Crippen LogP contribution in [0.1, 0.15) is 88.7 Å². The summed E-state index contributed by atoms with van der Waals surface area (Å²) in [5, 5.41) is 3.68. The third kappa shape index (κ3) is 3.30. The summed E-state index contributed by atoms with van der Waals surface area (Å²) >= 11 is 1.53. The van der Waals surface area contributed by atoms with E-state index in [4.69, 9.17) is 9.72 Å². The molecule has 0 saturated heterocycles. The Balaban J connectivity index is 1.28. The van der Waals surface area contributed by atoms with E-state index in [9.17, 15) is 9.59 Å². The summed E-state index contributed by atoms with van der Waals surface area (Å²) in [7, 11) is 0. The summed E-state index contributed by atoms with van der Waals surface area (Å²) in [6, 6.07) is 3.82. The first-order chi connectivity index (χ1) is 15.5. The third-order valence-electron chi connectivity index (χ3n) is 8.23. The van der Waals surface area contributed by atoms with Crippen molar-refractivity contribution in [2.24, 2.45) is 17.8 Å². The summed E-state index contributed by atoms with van der Waals surface area (Å²) < 4.78 is 5.30. The number of rotatable bonds is 5. The van der Waals surface area contributed by atoms with Gasteiger partial charge in [0.2, 0.25) is 0 Å². The van der Waals surface area contributed by atoms with Crippen molar-refractivity contribution >= 4 is 28.2 Å². The van der Waals surface area contributed by atoms with Gasteiger partial charge < -0.3 is 10.1 Å². The standard InChI is InChI=1S/C26H30N2O3S/c1-2-31-25(30)22-19-4-3-5-20(19)32-24(22)28-23(29)18-6-7-27-21(11-18)26-12-15-8-16(13-26)10-17(9-15)14-26/h6-7,11,15-17H,2-5,8-10,12-14H2,1H3,(H,28,29). The highest BCUT2D eigenvalue weighted by molar-refractivity contribution is 7.17. The SMILES string of the molecule is CCOC(=O)c1c(NC(=O)c2ccnc(C34CC5CC(CC(C5)C3)C4)c2)sc2c1CCC2. The number of carbonyl (C=O) groups excluding carboxylic acids is 2. The Kier molecular flexibility index (Phi) is 4.90. The Morgan fingerprint density at radius 2 is 1.88 bits per heavy atom. The molecule has 2 aromatic heterocycles. The number of carbonyl (C=O) groups is 2. The van der Waals surface area contributed by atoms with Crippen LogP contribution in [0.25, 0.3) is 0 Å². The number of thiophene rings is 1. The molecule has 6 heteroatoms. The average molecular weight is 451 g/mol. The van der Waals surface area contributed by atoms with Gasteiger partial charge in [-0.1, -0.05) is 0 Å². The molecule has 5 nitrogen and oxygen atoms in total. The molecule has 4 saturated carbocycles. The zero-order valence-electron chi connectivity index (χ0n) is 18.6. The minimum Gasteiger partial charge on any atom is -0.462 e. The van der Waals surface area contributed by atoms with E-state index in [0.29, 0.717) is 22.7 Å². The number of esters is 1. The fraction of sp³-hybridized carbons (Fsp3) is 0.577. The molecule has 0 unspecified atom stereocenters. The lowest BCUT2D eigenvalue weighted by Crippen LogP contribution is -2.49. The van der Waals surface area contributed by atoms with E-state index in [1.54, 1.807) is 12.3 Å². The van der Waals surface area contributed by atoms with E-state index in [2.05, 4.69) is 5.32 Å². The second-order valence-electron chi connectivity index (χ2n) is 10.4. The molecule has 0 atom stereocenters. The first kappa shape index (κ1) is 20.4. The van der Waals surface area contributed by atoms with Crippen LogP contribution in [0.3, 0.4) is 0 Å². The maximum atomic E-state index is 13.3. The fourth-order valence-corrected chi connectivity index (χ4v) is 8.65. The summed E-state index contributed by atoms with van der Waals surface area (Å²) in [6.45, 7) is 2.14. The lowest BCUT2D eigenvalue weighted by atomic mass is 9.48. The predicted molar refractivity (Wildman–Crippen MR) is 124 cm³/mol. The third-order valence-corrected chi connectivity index (χ3v) is 9.44. The van der Waals surface area contributed by atoms with E-state index >= 15 is 0 Å². The fourth-order valence-electron chi connectivity index (χ4n) is 7.37. The van der Waals surface area contributed by atoms with E-state index in [1.165, 1.54) is 54.7 Å². The van der Waals surface area contributed by atoms with Crippen LogP contribution in [0.5, 0.6) is 0 Å². The van der Waals surface area contributed by atoms with Gasteiger partial charge in [0.05, 0.1) is 12.2 Å². The van der Waals surface area contributed by atoms with E-state index in [-0.39, 0.29) is 17.3 Å². The molecule has 4 bridgehead atoms. The summed E-state index contributed by atoms with van der Waals surface area (Å²) in [6.07, 6.45) is 12.5. The van der Waals surface area contributed by atoms with Crippen LogP contribution < -0.4 is 5.32 Å². The van der Waals surface area contributed by atoms with Crippen LogP contribution in [-0.2, 0) is 23.0 Å². The van der Waals surface area contributed by atoms with Gasteiger partial charge in [0.25, 0.3) is 5.91 Å². The Bertz CT molecular complexity index is 1050. The molecule has 0 radical (unpaired) electrons. The second-order valence-corrected chi connectivity index (χ2v) is 11.5. The molecule has 168 valence electrons. The van der Waals surface area contributed by atoms with Crippen LogP contribution in [0.15, 0.2) is 18.3 Å². The number of nitrogens with zero attached hydrogens (tertiary/aromatic N) is 1. The Morgan fingerprint density at radius 3 is 2.56 bits per heavy atom. The molecule has 2 heterocycles. The molecule has 7 rings (SSSR count). The van der Waals surface area contributed by atoms with Gasteiger partial charge in [0.1, 0.15) is 5.00 Å². The van der Waals surface area contributed by atoms with Gasteiger partial charge in [-0.2, -0.15) is 0 Å². The lowest BCUT2D eigenvalue weighted by Gasteiger charge is -2.56. The number of aromatic nitrogens is 1. The van der Waals surface area contributed by atoms with Crippen LogP contribution in [0.2, 0.25) is 0 Å². The molecule has 1 N–H and O–H groups in total. The quantitative estimate of drug-likeness (QED) is 0.608. The lowest BCUT2D eigenvalue weighted by molar-refractivity contribution is -0.00721. The highest BCUT2D eigenvalue weighted by Gasteiger charge is 2.52. The topological polar surface area (TPSA) is 68.3 Å². The van der Waals surface area contributed by atoms with Crippen molar-refractivity contribution in [3.63, 3.8) is 0 Å². The van der Waals surface area contributed by atoms with Gasteiger partial charge >= 0.3 is 5.97 Å². The van der Waals surface area contributed by atoms with E-state index in [0.717, 1.165) is 48.3 Å². The molecule has 4 fully saturated rings. The molecule has 2 aromatic rings. The zero-order chi connectivity index (χ0) is 21.9. The van der Waals surface area contributed by atoms with Crippen LogP contribution in [-0.4, -0.2) is 23.5 Å². The largest absolute Gasteiger partial charge is 0.462 e. The van der Waals surface area contributed by atoms with Gasteiger partial charge in [0.15, 0.2) is 0 Å². The Labute approximate surface area is 193 Å². The summed E-state index contributed by atoms with van der Waals surface area (Å²) in [5.74, 6) is 2.01. The van der Waals surface area contributed by atoms with Crippen LogP contribution >= 0.6 is 11.3 Å². The molecule has 5 aliphatic carbocycles. The van der Waals surface area contributed by atoms with E-state index in [1.807, 2.05) is 13.0 Å². The maximum absolute atomic E-state index is 13.3. The number of aryl methyl sites for hydroxylation is 1.